The topological polar surface area (TPSA) is 122 Å². The Kier molecular flexibility index (Phi) is 9.74. The maximum atomic E-state index is 13.8. The normalized spacial score (nSPS) is 15.4. The molecule has 1 aliphatic heterocycles. The molecule has 11 heteroatoms. The third-order valence-corrected chi connectivity index (χ3v) is 10.8. The monoisotopic (exact) mass is 715 g/mol. The number of anilines is 1. The van der Waals surface area contributed by atoms with E-state index in [-0.39, 0.29) is 34.6 Å². The number of carbonyl (C=O) groups is 2. The molecule has 51 heavy (non-hydrogen) atoms. The Balaban J connectivity index is 1.21. The second kappa shape index (κ2) is 14.7. The Morgan fingerprint density at radius 1 is 0.882 bits per heavy atom. The molecule has 1 aromatic heterocycles. The number of phenolic OH excluding ortho intramolecular Hbond substituents is 1. The van der Waals surface area contributed by atoms with Crippen molar-refractivity contribution in [1.29, 1.82) is 0 Å². The summed E-state index contributed by atoms with van der Waals surface area (Å²) < 4.78 is 12.2. The van der Waals surface area contributed by atoms with Gasteiger partial charge in [-0.2, -0.15) is 0 Å². The molecule has 1 unspecified atom stereocenters. The number of fused-ring (bicyclic) bond motifs is 1. The van der Waals surface area contributed by atoms with Crippen LogP contribution in [0.3, 0.4) is 0 Å². The molecular formula is C40H33N3O6S2. The zero-order chi connectivity index (χ0) is 35.5. The molecule has 0 aliphatic carbocycles. The summed E-state index contributed by atoms with van der Waals surface area (Å²) in [5.74, 6) is -0.794. The van der Waals surface area contributed by atoms with Gasteiger partial charge < -0.3 is 19.7 Å². The van der Waals surface area contributed by atoms with E-state index in [1.54, 1.807) is 43.3 Å². The van der Waals surface area contributed by atoms with E-state index in [1.807, 2.05) is 49.4 Å². The van der Waals surface area contributed by atoms with E-state index < -0.39 is 17.7 Å². The van der Waals surface area contributed by atoms with Crippen molar-refractivity contribution in [3.63, 3.8) is 0 Å². The largest absolute Gasteiger partial charge is 0.507 e. The highest BCUT2D eigenvalue weighted by Gasteiger charge is 2.48. The molecule has 1 fully saturated rings. The van der Waals surface area contributed by atoms with Crippen molar-refractivity contribution in [2.75, 3.05) is 11.5 Å². The summed E-state index contributed by atoms with van der Waals surface area (Å²) in [5, 5.41) is 33.3. The van der Waals surface area contributed by atoms with E-state index in [2.05, 4.69) is 34.5 Å². The highest BCUT2D eigenvalue weighted by Crippen LogP contribution is 2.45. The molecule has 2 heterocycles. The molecule has 1 atom stereocenters. The lowest BCUT2D eigenvalue weighted by Crippen LogP contribution is -2.29. The van der Waals surface area contributed by atoms with Crippen molar-refractivity contribution in [2.45, 2.75) is 36.6 Å². The Morgan fingerprint density at radius 2 is 1.63 bits per heavy atom. The Morgan fingerprint density at radius 3 is 2.43 bits per heavy atom. The number of aromatic nitrogens is 2. The highest BCUT2D eigenvalue weighted by atomic mass is 32.2. The van der Waals surface area contributed by atoms with Crippen molar-refractivity contribution in [1.82, 2.24) is 10.2 Å². The minimum absolute atomic E-state index is 0.0955. The number of hydrogen-bond donors (Lipinski definition) is 2. The molecule has 1 saturated heterocycles. The SMILES string of the molecule is CCOc1cc(C2/C(=C(\O)c3ccc(OCc4ccccc4C)cc3)C(=O)C(=O)N2c2nnc(SCc3cccc4ccccc34)s2)ccc1O. The number of amides is 1. The molecule has 256 valence electrons. The van der Waals surface area contributed by atoms with Gasteiger partial charge in [0.25, 0.3) is 5.78 Å². The first-order chi connectivity index (χ1) is 24.8. The summed E-state index contributed by atoms with van der Waals surface area (Å²) in [6.45, 7) is 4.45. The second-order valence-electron chi connectivity index (χ2n) is 11.8. The molecule has 0 spiro atoms. The van der Waals surface area contributed by atoms with Gasteiger partial charge in [-0.3, -0.25) is 14.5 Å². The number of Topliss-reactive ketones (excluding diaryl/α,β-unsaturated/α-hetero) is 1. The number of aliphatic hydroxyl groups is 1. The van der Waals surface area contributed by atoms with E-state index in [4.69, 9.17) is 9.47 Å². The average Bonchev–Trinajstić information content (AvgIpc) is 3.72. The van der Waals surface area contributed by atoms with Crippen LogP contribution < -0.4 is 14.4 Å². The third-order valence-electron chi connectivity index (χ3n) is 8.66. The summed E-state index contributed by atoms with van der Waals surface area (Å²) >= 11 is 2.67. The average molecular weight is 716 g/mol. The molecule has 2 N–H and O–H groups in total. The predicted molar refractivity (Wildman–Crippen MR) is 199 cm³/mol. The van der Waals surface area contributed by atoms with Crippen LogP contribution in [0.2, 0.25) is 0 Å². The first kappa shape index (κ1) is 33.8. The smallest absolute Gasteiger partial charge is 0.301 e. The van der Waals surface area contributed by atoms with Crippen molar-refractivity contribution in [2.24, 2.45) is 0 Å². The van der Waals surface area contributed by atoms with Crippen LogP contribution in [0.4, 0.5) is 5.13 Å². The van der Waals surface area contributed by atoms with Gasteiger partial charge in [-0.15, -0.1) is 10.2 Å². The fourth-order valence-corrected chi connectivity index (χ4v) is 7.90. The number of rotatable bonds is 11. The van der Waals surface area contributed by atoms with Gasteiger partial charge in [-0.25, -0.2) is 0 Å². The summed E-state index contributed by atoms with van der Waals surface area (Å²) in [6, 6.07) is 32.5. The number of thioether (sulfide) groups is 1. The van der Waals surface area contributed by atoms with E-state index in [9.17, 15) is 19.8 Å². The summed E-state index contributed by atoms with van der Waals surface area (Å²) in [6.07, 6.45) is 0. The van der Waals surface area contributed by atoms with Gasteiger partial charge in [0, 0.05) is 11.3 Å². The molecule has 0 bridgehead atoms. The molecule has 6 aromatic rings. The van der Waals surface area contributed by atoms with Crippen LogP contribution in [0, 0.1) is 6.92 Å². The Bertz CT molecular complexity index is 2280. The van der Waals surface area contributed by atoms with Gasteiger partial charge in [-0.05, 0) is 83.3 Å². The van der Waals surface area contributed by atoms with Crippen LogP contribution in [-0.2, 0) is 21.9 Å². The van der Waals surface area contributed by atoms with Gasteiger partial charge in [0.15, 0.2) is 15.8 Å². The molecule has 9 nitrogen and oxygen atoms in total. The Hall–Kier alpha value is -5.65. The molecule has 7 rings (SSSR count). The minimum Gasteiger partial charge on any atom is -0.507 e. The van der Waals surface area contributed by atoms with Crippen LogP contribution in [-0.4, -0.2) is 38.7 Å². The maximum Gasteiger partial charge on any atom is 0.301 e. The van der Waals surface area contributed by atoms with E-state index in [0.29, 0.717) is 33.6 Å². The van der Waals surface area contributed by atoms with Crippen LogP contribution in [0.5, 0.6) is 17.2 Å². The highest BCUT2D eigenvalue weighted by molar-refractivity contribution is 8.00. The molecule has 1 aliphatic rings. The van der Waals surface area contributed by atoms with E-state index in [0.717, 1.165) is 27.5 Å². The molecule has 0 radical (unpaired) electrons. The maximum absolute atomic E-state index is 13.8. The lowest BCUT2D eigenvalue weighted by molar-refractivity contribution is -0.132. The number of aromatic hydroxyl groups is 1. The zero-order valence-corrected chi connectivity index (χ0v) is 29.4. The Labute approximate surface area is 302 Å². The number of aliphatic hydroxyl groups excluding tert-OH is 1. The lowest BCUT2D eigenvalue weighted by atomic mass is 9.95. The predicted octanol–water partition coefficient (Wildman–Crippen LogP) is 8.60. The quantitative estimate of drug-likeness (QED) is 0.0447. The number of phenols is 1. The zero-order valence-electron chi connectivity index (χ0n) is 27.8. The van der Waals surface area contributed by atoms with Gasteiger partial charge >= 0.3 is 5.91 Å². The second-order valence-corrected chi connectivity index (χ2v) is 14.0. The third kappa shape index (κ3) is 6.90. The van der Waals surface area contributed by atoms with Crippen molar-refractivity contribution >= 4 is 56.5 Å². The number of ether oxygens (including phenoxy) is 2. The number of aryl methyl sites for hydroxylation is 1. The van der Waals surface area contributed by atoms with E-state index >= 15 is 0 Å². The fourth-order valence-electron chi connectivity index (χ4n) is 6.03. The number of carbonyl (C=O) groups excluding carboxylic acids is 2. The van der Waals surface area contributed by atoms with E-state index in [1.165, 1.54) is 34.1 Å². The van der Waals surface area contributed by atoms with Crippen molar-refractivity contribution in [3.05, 3.63) is 143 Å². The lowest BCUT2D eigenvalue weighted by Gasteiger charge is -2.23. The van der Waals surface area contributed by atoms with Crippen molar-refractivity contribution < 1.29 is 29.3 Å². The van der Waals surface area contributed by atoms with Crippen LogP contribution in [0.1, 0.15) is 40.8 Å². The number of benzene rings is 5. The number of hydrogen-bond acceptors (Lipinski definition) is 10. The first-order valence-corrected chi connectivity index (χ1v) is 18.1. The number of ketones is 1. The minimum atomic E-state index is -1.08. The summed E-state index contributed by atoms with van der Waals surface area (Å²) in [4.78, 5) is 28.9. The standard InChI is InChI=1S/C40H33N3O6S2/c1-3-48-33-21-27(17-20-32(33)44)35-34(36(45)26-15-18-30(19-16-26)49-22-28-11-5-4-9-24(28)2)37(46)38(47)43(35)39-41-42-40(51-39)50-23-29-13-8-12-25-10-6-7-14-31(25)29/h4-21,35,44-45H,3,22-23H2,1-2H3/b36-34+. The van der Waals surface area contributed by atoms with Crippen LogP contribution in [0.25, 0.3) is 16.5 Å². The molecular weight excluding hydrogens is 683 g/mol. The molecule has 1 amide bonds. The van der Waals surface area contributed by atoms with Gasteiger partial charge in [0.05, 0.1) is 18.2 Å². The number of nitrogens with zero attached hydrogens (tertiary/aromatic N) is 3. The van der Waals surface area contributed by atoms with Crippen LogP contribution >= 0.6 is 23.1 Å². The van der Waals surface area contributed by atoms with Crippen molar-refractivity contribution in [3.8, 4) is 17.2 Å². The van der Waals surface area contributed by atoms with Gasteiger partial charge in [0.1, 0.15) is 18.1 Å². The molecule has 0 saturated carbocycles. The summed E-state index contributed by atoms with van der Waals surface area (Å²) in [5.41, 5.74) is 3.95. The first-order valence-electron chi connectivity index (χ1n) is 16.3. The fraction of sp³-hybridized carbons (Fsp3) is 0.150. The molecule has 5 aromatic carbocycles. The van der Waals surface area contributed by atoms with Gasteiger partial charge in [-0.1, -0.05) is 95.9 Å². The summed E-state index contributed by atoms with van der Waals surface area (Å²) in [7, 11) is 0. The van der Waals surface area contributed by atoms with Gasteiger partial charge in [0.2, 0.25) is 5.13 Å². The van der Waals surface area contributed by atoms with Crippen LogP contribution in [0.15, 0.2) is 119 Å².